The maximum atomic E-state index is 10.7. The zero-order valence-corrected chi connectivity index (χ0v) is 7.36. The second-order valence-corrected chi connectivity index (χ2v) is 2.96. The number of carboxylic acids is 1. The van der Waals surface area contributed by atoms with Crippen molar-refractivity contribution in [1.82, 2.24) is 0 Å². The first kappa shape index (κ1) is 8.56. The number of hydrogen-bond donors (Lipinski definition) is 1. The Balaban J connectivity index is 2.49. The minimum absolute atomic E-state index is 0.254. The molecule has 1 aliphatic heterocycles. The molecule has 1 aromatic carbocycles. The summed E-state index contributed by atoms with van der Waals surface area (Å²) < 4.78 is 5.29. The first-order valence-corrected chi connectivity index (χ1v) is 4.09. The fourth-order valence-electron chi connectivity index (χ4n) is 1.26. The van der Waals surface area contributed by atoms with Crippen molar-refractivity contribution >= 4 is 12.0 Å². The summed E-state index contributed by atoms with van der Waals surface area (Å²) in [6.45, 7) is 3.65. The molecule has 2 rings (SSSR count). The van der Waals surface area contributed by atoms with Crippen molar-refractivity contribution in [3.05, 3.63) is 47.7 Å². The predicted octanol–water partition coefficient (Wildman–Crippen LogP) is 2.30. The van der Waals surface area contributed by atoms with E-state index in [0.29, 0.717) is 11.5 Å². The number of benzene rings is 1. The van der Waals surface area contributed by atoms with Gasteiger partial charge in [-0.05, 0) is 30.4 Å². The molecule has 0 spiro atoms. The predicted molar refractivity (Wildman–Crippen MR) is 52.2 cm³/mol. The Morgan fingerprint density at radius 2 is 2.14 bits per heavy atom. The van der Waals surface area contributed by atoms with Crippen LogP contribution in [0.15, 0.2) is 36.6 Å². The van der Waals surface area contributed by atoms with Gasteiger partial charge in [0.25, 0.3) is 0 Å². The van der Waals surface area contributed by atoms with E-state index in [9.17, 15) is 4.79 Å². The number of aromatic carboxylic acids is 1. The molecule has 70 valence electrons. The Bertz CT molecular complexity index is 444. The highest BCUT2D eigenvalue weighted by Gasteiger charge is 2.10. The van der Waals surface area contributed by atoms with Crippen LogP contribution in [-0.4, -0.2) is 11.1 Å². The van der Waals surface area contributed by atoms with E-state index in [4.69, 9.17) is 9.84 Å². The van der Waals surface area contributed by atoms with Crippen molar-refractivity contribution in [1.29, 1.82) is 0 Å². The molecule has 0 radical (unpaired) electrons. The lowest BCUT2D eigenvalue weighted by Crippen LogP contribution is -2.01. The first-order valence-electron chi connectivity index (χ1n) is 4.09. The van der Waals surface area contributed by atoms with Gasteiger partial charge in [0.15, 0.2) is 0 Å². The van der Waals surface area contributed by atoms with E-state index in [1.165, 1.54) is 6.07 Å². The van der Waals surface area contributed by atoms with Crippen LogP contribution in [0.5, 0.6) is 5.75 Å². The number of carboxylic acid groups (broad SMARTS) is 1. The summed E-state index contributed by atoms with van der Waals surface area (Å²) in [6.07, 6.45) is 3.49. The second kappa shape index (κ2) is 3.03. The van der Waals surface area contributed by atoms with E-state index in [2.05, 4.69) is 6.58 Å². The molecule has 0 bridgehead atoms. The zero-order valence-electron chi connectivity index (χ0n) is 7.36. The second-order valence-electron chi connectivity index (χ2n) is 2.96. The Labute approximate surface area is 80.9 Å². The van der Waals surface area contributed by atoms with Crippen LogP contribution in [0.25, 0.3) is 6.08 Å². The first-order chi connectivity index (χ1) is 6.66. The number of hydrogen-bond acceptors (Lipinski definition) is 2. The molecule has 0 atom stereocenters. The monoisotopic (exact) mass is 188 g/mol. The van der Waals surface area contributed by atoms with Crippen LogP contribution in [0.2, 0.25) is 0 Å². The molecule has 3 heteroatoms. The molecule has 0 amide bonds. The molecule has 0 saturated heterocycles. The number of allylic oxidation sites excluding steroid dienone is 1. The van der Waals surface area contributed by atoms with Crippen molar-refractivity contribution in [3.63, 3.8) is 0 Å². The largest absolute Gasteiger partial charge is 0.478 e. The van der Waals surface area contributed by atoms with Gasteiger partial charge in [-0.2, -0.15) is 0 Å². The van der Waals surface area contributed by atoms with E-state index in [0.717, 1.165) is 5.56 Å². The number of carbonyl (C=O) groups is 1. The third-order valence-electron chi connectivity index (χ3n) is 1.95. The van der Waals surface area contributed by atoms with E-state index in [-0.39, 0.29) is 5.56 Å². The molecule has 3 nitrogen and oxygen atoms in total. The maximum absolute atomic E-state index is 10.7. The molecule has 14 heavy (non-hydrogen) atoms. The topological polar surface area (TPSA) is 46.5 Å². The zero-order chi connectivity index (χ0) is 10.1. The highest BCUT2D eigenvalue weighted by Crippen LogP contribution is 2.27. The van der Waals surface area contributed by atoms with E-state index in [1.807, 2.05) is 0 Å². The molecule has 1 heterocycles. The third kappa shape index (κ3) is 1.40. The lowest BCUT2D eigenvalue weighted by atomic mass is 10.1. The van der Waals surface area contributed by atoms with Gasteiger partial charge >= 0.3 is 5.97 Å². The van der Waals surface area contributed by atoms with Gasteiger partial charge < -0.3 is 9.84 Å². The van der Waals surface area contributed by atoms with Gasteiger partial charge in [0, 0.05) is 5.56 Å². The number of ether oxygens (including phenoxy) is 1. The standard InChI is InChI=1S/C11H8O3/c1-7-2-3-8-6-9(11(12)13)4-5-10(8)14-7/h2-6H,1H2,(H,12,13). The highest BCUT2D eigenvalue weighted by atomic mass is 16.5. The summed E-state index contributed by atoms with van der Waals surface area (Å²) in [6, 6.07) is 4.71. The van der Waals surface area contributed by atoms with Gasteiger partial charge in [0.2, 0.25) is 0 Å². The molecule has 0 saturated carbocycles. The van der Waals surface area contributed by atoms with Crippen LogP contribution in [0.3, 0.4) is 0 Å². The van der Waals surface area contributed by atoms with Crippen LogP contribution in [0, 0.1) is 0 Å². The van der Waals surface area contributed by atoms with E-state index < -0.39 is 5.97 Å². The molecular weight excluding hydrogens is 180 g/mol. The maximum Gasteiger partial charge on any atom is 0.335 e. The number of fused-ring (bicyclic) bond motifs is 1. The molecule has 0 fully saturated rings. The summed E-state index contributed by atoms with van der Waals surface area (Å²) >= 11 is 0. The third-order valence-corrected chi connectivity index (χ3v) is 1.95. The van der Waals surface area contributed by atoms with Gasteiger partial charge in [-0.25, -0.2) is 4.79 Å². The SMILES string of the molecule is C=C1C=Cc2cc(C(=O)O)ccc2O1. The number of rotatable bonds is 1. The van der Waals surface area contributed by atoms with E-state index in [1.54, 1.807) is 24.3 Å². The summed E-state index contributed by atoms with van der Waals surface area (Å²) in [5, 5.41) is 8.76. The molecular formula is C11H8O3. The lowest BCUT2D eigenvalue weighted by molar-refractivity contribution is 0.0697. The molecule has 0 unspecified atom stereocenters. The summed E-state index contributed by atoms with van der Waals surface area (Å²) in [4.78, 5) is 10.7. The van der Waals surface area contributed by atoms with Crippen molar-refractivity contribution in [2.75, 3.05) is 0 Å². The van der Waals surface area contributed by atoms with Crippen molar-refractivity contribution in [3.8, 4) is 5.75 Å². The van der Waals surface area contributed by atoms with E-state index >= 15 is 0 Å². The van der Waals surface area contributed by atoms with Gasteiger partial charge in [-0.1, -0.05) is 6.58 Å². The quantitative estimate of drug-likeness (QED) is 0.735. The Morgan fingerprint density at radius 1 is 1.36 bits per heavy atom. The smallest absolute Gasteiger partial charge is 0.335 e. The minimum Gasteiger partial charge on any atom is -0.478 e. The van der Waals surface area contributed by atoms with Gasteiger partial charge in [0.1, 0.15) is 11.5 Å². The molecule has 1 aromatic rings. The molecule has 1 N–H and O–H groups in total. The van der Waals surface area contributed by atoms with Crippen LogP contribution in [0.1, 0.15) is 15.9 Å². The molecule has 0 aromatic heterocycles. The van der Waals surface area contributed by atoms with Crippen molar-refractivity contribution < 1.29 is 14.6 Å². The lowest BCUT2D eigenvalue weighted by Gasteiger charge is -2.13. The summed E-state index contributed by atoms with van der Waals surface area (Å²) in [5.74, 6) is 0.258. The highest BCUT2D eigenvalue weighted by molar-refractivity contribution is 5.89. The summed E-state index contributed by atoms with van der Waals surface area (Å²) in [5.41, 5.74) is 1.02. The normalized spacial score (nSPS) is 13.3. The van der Waals surface area contributed by atoms with Gasteiger partial charge in [-0.15, -0.1) is 0 Å². The summed E-state index contributed by atoms with van der Waals surface area (Å²) in [7, 11) is 0. The molecule has 1 aliphatic rings. The van der Waals surface area contributed by atoms with Crippen LogP contribution in [-0.2, 0) is 0 Å². The van der Waals surface area contributed by atoms with Crippen LogP contribution < -0.4 is 4.74 Å². The van der Waals surface area contributed by atoms with Gasteiger partial charge in [-0.3, -0.25) is 0 Å². The van der Waals surface area contributed by atoms with Crippen LogP contribution >= 0.6 is 0 Å². The van der Waals surface area contributed by atoms with Gasteiger partial charge in [0.05, 0.1) is 5.56 Å². The Hall–Kier alpha value is -2.03. The average molecular weight is 188 g/mol. The Morgan fingerprint density at radius 3 is 2.86 bits per heavy atom. The molecule has 0 aliphatic carbocycles. The fraction of sp³-hybridized carbons (Fsp3) is 0. The van der Waals surface area contributed by atoms with Crippen LogP contribution in [0.4, 0.5) is 0 Å². The minimum atomic E-state index is -0.939. The average Bonchev–Trinajstić information content (AvgIpc) is 2.16. The van der Waals surface area contributed by atoms with Crippen molar-refractivity contribution in [2.24, 2.45) is 0 Å². The Kier molecular flexibility index (Phi) is 1.85. The fourth-order valence-corrected chi connectivity index (χ4v) is 1.26. The van der Waals surface area contributed by atoms with Crippen molar-refractivity contribution in [2.45, 2.75) is 0 Å².